The molecule has 4 rings (SSSR count). The first-order valence-electron chi connectivity index (χ1n) is 8.09. The van der Waals surface area contributed by atoms with Crippen LogP contribution in [0.5, 0.6) is 0 Å². The molecule has 0 aliphatic heterocycles. The predicted octanol–water partition coefficient (Wildman–Crippen LogP) is 3.27. The van der Waals surface area contributed by atoms with Crippen LogP contribution in [0.15, 0.2) is 16.6 Å². The molecule has 2 fully saturated rings. The molecule has 7 heteroatoms. The highest BCUT2D eigenvalue weighted by Gasteiger charge is 2.36. The Morgan fingerprint density at radius 2 is 2.22 bits per heavy atom. The third-order valence-corrected chi connectivity index (χ3v) is 6.26. The van der Waals surface area contributed by atoms with Gasteiger partial charge in [-0.25, -0.2) is 0 Å². The number of hydrogen-bond acceptors (Lipinski definition) is 5. The van der Waals surface area contributed by atoms with Gasteiger partial charge in [-0.2, -0.15) is 0 Å². The topological polar surface area (TPSA) is 59.8 Å². The highest BCUT2D eigenvalue weighted by molar-refractivity contribution is 7.99. The van der Waals surface area contributed by atoms with E-state index in [1.54, 1.807) is 11.3 Å². The van der Waals surface area contributed by atoms with Crippen molar-refractivity contribution in [3.05, 3.63) is 27.7 Å². The van der Waals surface area contributed by atoms with Crippen molar-refractivity contribution in [2.24, 2.45) is 0 Å². The van der Waals surface area contributed by atoms with Crippen molar-refractivity contribution in [3.63, 3.8) is 0 Å². The number of nitrogens with one attached hydrogen (secondary N) is 1. The van der Waals surface area contributed by atoms with Crippen LogP contribution >= 0.6 is 23.1 Å². The number of carbonyl (C=O) groups excluding carboxylic acids is 1. The number of nitrogens with zero attached hydrogens (tertiary/aromatic N) is 3. The molecule has 0 spiro atoms. The van der Waals surface area contributed by atoms with E-state index < -0.39 is 0 Å². The van der Waals surface area contributed by atoms with Gasteiger partial charge in [0.15, 0.2) is 5.16 Å². The first kappa shape index (κ1) is 15.2. The molecule has 122 valence electrons. The standard InChI is InChI=1S/C16H20N4OS2/c1-10-6-7-22-13(10)8-17-14(21)9-23-16-19-18-15(11-2-3-11)20(16)12-4-5-12/h6-7,11-12H,2-5,8-9H2,1H3,(H,17,21). The second-order valence-corrected chi connectivity index (χ2v) is 8.25. The molecule has 0 unspecified atom stereocenters. The van der Waals surface area contributed by atoms with Crippen LogP contribution in [0, 0.1) is 6.92 Å². The second kappa shape index (κ2) is 6.28. The number of hydrogen-bond donors (Lipinski definition) is 1. The molecule has 0 saturated heterocycles. The zero-order chi connectivity index (χ0) is 15.8. The number of amides is 1. The maximum Gasteiger partial charge on any atom is 0.230 e. The molecule has 2 heterocycles. The summed E-state index contributed by atoms with van der Waals surface area (Å²) in [4.78, 5) is 13.3. The summed E-state index contributed by atoms with van der Waals surface area (Å²) < 4.78 is 2.29. The number of thioether (sulfide) groups is 1. The molecule has 2 saturated carbocycles. The molecule has 0 atom stereocenters. The summed E-state index contributed by atoms with van der Waals surface area (Å²) in [6.45, 7) is 2.69. The van der Waals surface area contributed by atoms with Gasteiger partial charge in [0, 0.05) is 16.8 Å². The van der Waals surface area contributed by atoms with E-state index >= 15 is 0 Å². The summed E-state index contributed by atoms with van der Waals surface area (Å²) in [5, 5.41) is 14.7. The minimum atomic E-state index is 0.0566. The van der Waals surface area contributed by atoms with Gasteiger partial charge in [-0.1, -0.05) is 11.8 Å². The first-order valence-corrected chi connectivity index (χ1v) is 9.96. The van der Waals surface area contributed by atoms with Crippen LogP contribution in [0.4, 0.5) is 0 Å². The number of aryl methyl sites for hydroxylation is 1. The second-order valence-electron chi connectivity index (χ2n) is 6.31. The first-order chi connectivity index (χ1) is 11.2. The van der Waals surface area contributed by atoms with Crippen molar-refractivity contribution in [1.29, 1.82) is 0 Å². The fourth-order valence-corrected chi connectivity index (χ4v) is 4.32. The molecule has 2 aromatic heterocycles. The van der Waals surface area contributed by atoms with E-state index in [9.17, 15) is 4.79 Å². The lowest BCUT2D eigenvalue weighted by molar-refractivity contribution is -0.118. The fourth-order valence-electron chi connectivity index (χ4n) is 2.63. The Balaban J connectivity index is 1.34. The molecule has 5 nitrogen and oxygen atoms in total. The molecule has 2 aliphatic rings. The normalized spacial score (nSPS) is 17.4. The van der Waals surface area contributed by atoms with Crippen molar-refractivity contribution in [2.45, 2.75) is 56.3 Å². The van der Waals surface area contributed by atoms with Gasteiger partial charge in [0.05, 0.1) is 12.3 Å². The zero-order valence-corrected chi connectivity index (χ0v) is 14.8. The summed E-state index contributed by atoms with van der Waals surface area (Å²) in [6.07, 6.45) is 4.90. The molecule has 23 heavy (non-hydrogen) atoms. The smallest absolute Gasteiger partial charge is 0.230 e. The van der Waals surface area contributed by atoms with E-state index in [1.165, 1.54) is 47.9 Å². The molecular formula is C16H20N4OS2. The van der Waals surface area contributed by atoms with E-state index in [-0.39, 0.29) is 5.91 Å². The average Bonchev–Trinajstić information content (AvgIpc) is 3.47. The molecule has 0 aromatic carbocycles. The van der Waals surface area contributed by atoms with Gasteiger partial charge in [0.2, 0.25) is 5.91 Å². The lowest BCUT2D eigenvalue weighted by Gasteiger charge is -2.08. The van der Waals surface area contributed by atoms with Crippen LogP contribution in [-0.4, -0.2) is 26.4 Å². The van der Waals surface area contributed by atoms with E-state index in [0.717, 1.165) is 11.0 Å². The predicted molar refractivity (Wildman–Crippen MR) is 91.9 cm³/mol. The highest BCUT2D eigenvalue weighted by atomic mass is 32.2. The maximum absolute atomic E-state index is 12.1. The molecule has 2 aliphatic carbocycles. The Morgan fingerprint density at radius 3 is 2.87 bits per heavy atom. The fraction of sp³-hybridized carbons (Fsp3) is 0.562. The molecule has 0 radical (unpaired) electrons. The van der Waals surface area contributed by atoms with E-state index in [2.05, 4.69) is 38.5 Å². The van der Waals surface area contributed by atoms with Gasteiger partial charge in [-0.15, -0.1) is 21.5 Å². The van der Waals surface area contributed by atoms with Crippen LogP contribution in [0.3, 0.4) is 0 Å². The summed E-state index contributed by atoms with van der Waals surface area (Å²) in [7, 11) is 0. The Bertz CT molecular complexity index is 715. The lowest BCUT2D eigenvalue weighted by atomic mass is 10.3. The van der Waals surface area contributed by atoms with Crippen LogP contribution in [0.25, 0.3) is 0 Å². The number of carbonyl (C=O) groups is 1. The quantitative estimate of drug-likeness (QED) is 0.780. The summed E-state index contributed by atoms with van der Waals surface area (Å²) in [6, 6.07) is 2.65. The van der Waals surface area contributed by atoms with Crippen molar-refractivity contribution in [1.82, 2.24) is 20.1 Å². The molecule has 1 N–H and O–H groups in total. The van der Waals surface area contributed by atoms with Gasteiger partial charge in [-0.3, -0.25) is 4.79 Å². The van der Waals surface area contributed by atoms with Gasteiger partial charge in [0.1, 0.15) is 5.82 Å². The maximum atomic E-state index is 12.1. The van der Waals surface area contributed by atoms with Crippen LogP contribution in [-0.2, 0) is 11.3 Å². The lowest BCUT2D eigenvalue weighted by Crippen LogP contribution is -2.24. The minimum absolute atomic E-state index is 0.0566. The van der Waals surface area contributed by atoms with Gasteiger partial charge in [-0.05, 0) is 49.6 Å². The Hall–Kier alpha value is -1.34. The van der Waals surface area contributed by atoms with Crippen molar-refractivity contribution >= 4 is 29.0 Å². The van der Waals surface area contributed by atoms with Gasteiger partial charge in [0.25, 0.3) is 0 Å². The van der Waals surface area contributed by atoms with Crippen LogP contribution in [0.2, 0.25) is 0 Å². The molecule has 0 bridgehead atoms. The largest absolute Gasteiger partial charge is 0.350 e. The van der Waals surface area contributed by atoms with Crippen molar-refractivity contribution in [3.8, 4) is 0 Å². The summed E-state index contributed by atoms with van der Waals surface area (Å²) in [5.74, 6) is 2.21. The van der Waals surface area contributed by atoms with Crippen LogP contribution in [0.1, 0.15) is 53.9 Å². The highest BCUT2D eigenvalue weighted by Crippen LogP contribution is 2.45. The number of rotatable bonds is 7. The third-order valence-electron chi connectivity index (χ3n) is 4.29. The van der Waals surface area contributed by atoms with Crippen molar-refractivity contribution < 1.29 is 4.79 Å². The Morgan fingerprint density at radius 1 is 1.39 bits per heavy atom. The Labute approximate surface area is 143 Å². The Kier molecular flexibility index (Phi) is 4.15. The van der Waals surface area contributed by atoms with Crippen LogP contribution < -0.4 is 5.32 Å². The summed E-state index contributed by atoms with van der Waals surface area (Å²) >= 11 is 3.20. The van der Waals surface area contributed by atoms with Gasteiger partial charge < -0.3 is 9.88 Å². The zero-order valence-electron chi connectivity index (χ0n) is 13.1. The van der Waals surface area contributed by atoms with E-state index in [1.807, 2.05) is 0 Å². The average molecular weight is 348 g/mol. The number of thiophene rings is 1. The third kappa shape index (κ3) is 3.45. The molecule has 1 amide bonds. The molecular weight excluding hydrogens is 328 g/mol. The number of aromatic nitrogens is 3. The van der Waals surface area contributed by atoms with Crippen molar-refractivity contribution in [2.75, 3.05) is 5.75 Å². The minimum Gasteiger partial charge on any atom is -0.350 e. The molecule has 2 aromatic rings. The monoisotopic (exact) mass is 348 g/mol. The van der Waals surface area contributed by atoms with E-state index in [4.69, 9.17) is 0 Å². The summed E-state index contributed by atoms with van der Waals surface area (Å²) in [5.41, 5.74) is 1.24. The van der Waals surface area contributed by atoms with Gasteiger partial charge >= 0.3 is 0 Å². The SMILES string of the molecule is Cc1ccsc1CNC(=O)CSc1nnc(C2CC2)n1C1CC1. The van der Waals surface area contributed by atoms with E-state index in [0.29, 0.717) is 24.3 Å².